The topological polar surface area (TPSA) is 97.4 Å². The summed E-state index contributed by atoms with van der Waals surface area (Å²) < 4.78 is 71.2. The van der Waals surface area contributed by atoms with Gasteiger partial charge in [-0.2, -0.15) is 0 Å². The number of anilines is 2. The van der Waals surface area contributed by atoms with E-state index in [2.05, 4.69) is 10.1 Å². The molecule has 2 heterocycles. The maximum atomic E-state index is 15.0. The lowest BCUT2D eigenvalue weighted by atomic mass is 10.2. The van der Waals surface area contributed by atoms with Crippen LogP contribution in [-0.4, -0.2) is 63.9 Å². The van der Waals surface area contributed by atoms with Crippen molar-refractivity contribution < 1.29 is 41.3 Å². The molecule has 13 heteroatoms. The quantitative estimate of drug-likeness (QED) is 0.584. The first-order valence-corrected chi connectivity index (χ1v) is 12.7. The van der Waals surface area contributed by atoms with Crippen molar-refractivity contribution in [2.45, 2.75) is 6.10 Å². The number of hydrogen-bond donors (Lipinski definition) is 1. The Labute approximate surface area is 199 Å². The highest BCUT2D eigenvalue weighted by Crippen LogP contribution is 2.49. The van der Waals surface area contributed by atoms with E-state index in [1.807, 2.05) is 0 Å². The number of benzene rings is 2. The van der Waals surface area contributed by atoms with Gasteiger partial charge in [0.15, 0.2) is 11.6 Å². The standard InChI is InChI=1S/C22H23F3N3O6P/c1-32-21(29)26-12-17-13-28(22(30)33-17)15-10-18(24)20(19(25)11-15)27-6-8-35(31,9-7-27)34-16-4-2-14(23)3-5-16/h2-5,10-11,17H,6-9,12-13H2,1H3,(H,26,29)/t17-/m0/s1. The van der Waals surface area contributed by atoms with E-state index >= 15 is 0 Å². The second-order valence-corrected chi connectivity index (χ2v) is 10.7. The van der Waals surface area contributed by atoms with Crippen LogP contribution in [0.4, 0.5) is 34.1 Å². The molecular formula is C22H23F3N3O6P. The Hall–Kier alpha value is -3.40. The van der Waals surface area contributed by atoms with Crippen molar-refractivity contribution in [3.63, 3.8) is 0 Å². The van der Waals surface area contributed by atoms with Crippen LogP contribution in [0.25, 0.3) is 0 Å². The number of alkyl carbamates (subject to hydrolysis) is 1. The Morgan fingerprint density at radius 2 is 1.77 bits per heavy atom. The lowest BCUT2D eigenvalue weighted by Gasteiger charge is -2.34. The minimum Gasteiger partial charge on any atom is -0.453 e. The molecule has 2 fully saturated rings. The summed E-state index contributed by atoms with van der Waals surface area (Å²) in [5.41, 5.74) is -0.324. The number of carbonyl (C=O) groups is 2. The Balaban J connectivity index is 1.41. The Kier molecular flexibility index (Phi) is 7.11. The highest BCUT2D eigenvalue weighted by atomic mass is 31.2. The maximum absolute atomic E-state index is 15.0. The number of nitrogens with zero attached hydrogens (tertiary/aromatic N) is 2. The average Bonchev–Trinajstić information content (AvgIpc) is 3.20. The molecule has 2 amide bonds. The van der Waals surface area contributed by atoms with Gasteiger partial charge >= 0.3 is 12.2 Å². The van der Waals surface area contributed by atoms with E-state index in [1.54, 1.807) is 0 Å². The Morgan fingerprint density at radius 3 is 2.37 bits per heavy atom. The zero-order valence-corrected chi connectivity index (χ0v) is 19.6. The van der Waals surface area contributed by atoms with Gasteiger partial charge in [0.25, 0.3) is 7.37 Å². The summed E-state index contributed by atoms with van der Waals surface area (Å²) in [4.78, 5) is 25.9. The fourth-order valence-electron chi connectivity index (χ4n) is 3.89. The van der Waals surface area contributed by atoms with Crippen LogP contribution in [0.2, 0.25) is 0 Å². The van der Waals surface area contributed by atoms with Crippen molar-refractivity contribution in [2.75, 3.05) is 55.4 Å². The van der Waals surface area contributed by atoms with Crippen LogP contribution in [0.15, 0.2) is 36.4 Å². The van der Waals surface area contributed by atoms with Gasteiger partial charge in [-0.1, -0.05) is 0 Å². The van der Waals surface area contributed by atoms with Gasteiger partial charge in [0.2, 0.25) is 0 Å². The summed E-state index contributed by atoms with van der Waals surface area (Å²) in [6, 6.07) is 7.19. The van der Waals surface area contributed by atoms with Gasteiger partial charge in [-0.25, -0.2) is 22.8 Å². The number of carbonyl (C=O) groups excluding carboxylic acids is 2. The molecule has 0 radical (unpaired) electrons. The third-order valence-corrected chi connectivity index (χ3v) is 7.98. The zero-order valence-electron chi connectivity index (χ0n) is 18.7. The SMILES string of the molecule is COC(=O)NC[C@H]1CN(c2cc(F)c(N3CCP(=O)(Oc4ccc(F)cc4)CC3)c(F)c2)C(=O)O1. The highest BCUT2D eigenvalue weighted by molar-refractivity contribution is 7.59. The summed E-state index contributed by atoms with van der Waals surface area (Å²) >= 11 is 0. The van der Waals surface area contributed by atoms with Gasteiger partial charge in [0.05, 0.1) is 38.2 Å². The first-order chi connectivity index (χ1) is 16.7. The fraction of sp³-hybridized carbons (Fsp3) is 0.364. The number of nitrogens with one attached hydrogen (secondary N) is 1. The van der Waals surface area contributed by atoms with Crippen molar-refractivity contribution in [3.8, 4) is 5.75 Å². The van der Waals surface area contributed by atoms with Gasteiger partial charge in [0.1, 0.15) is 23.4 Å². The number of cyclic esters (lactones) is 1. The molecule has 0 unspecified atom stereocenters. The summed E-state index contributed by atoms with van der Waals surface area (Å²) in [6.45, 7) is 0.123. The van der Waals surface area contributed by atoms with Crippen molar-refractivity contribution in [2.24, 2.45) is 0 Å². The summed E-state index contributed by atoms with van der Waals surface area (Å²) in [7, 11) is -1.92. The van der Waals surface area contributed by atoms with E-state index in [9.17, 15) is 27.3 Å². The molecule has 0 spiro atoms. The molecule has 9 nitrogen and oxygen atoms in total. The molecule has 0 bridgehead atoms. The van der Waals surface area contributed by atoms with Crippen molar-refractivity contribution in [1.29, 1.82) is 0 Å². The number of halogens is 3. The third-order valence-electron chi connectivity index (χ3n) is 5.67. The largest absolute Gasteiger partial charge is 0.453 e. The molecule has 2 aromatic carbocycles. The molecule has 0 aliphatic carbocycles. The average molecular weight is 513 g/mol. The normalized spacial score (nSPS) is 19.3. The highest BCUT2D eigenvalue weighted by Gasteiger charge is 2.36. The molecule has 0 saturated carbocycles. The molecule has 35 heavy (non-hydrogen) atoms. The lowest BCUT2D eigenvalue weighted by Crippen LogP contribution is -2.37. The molecule has 0 aromatic heterocycles. The van der Waals surface area contributed by atoms with E-state index in [0.717, 1.165) is 17.0 Å². The molecular weight excluding hydrogens is 490 g/mol. The van der Waals surface area contributed by atoms with Crippen LogP contribution in [0.1, 0.15) is 0 Å². The van der Waals surface area contributed by atoms with E-state index < -0.39 is 43.1 Å². The smallest absolute Gasteiger partial charge is 0.414 e. The summed E-state index contributed by atoms with van der Waals surface area (Å²) in [5, 5.41) is 2.40. The van der Waals surface area contributed by atoms with Gasteiger partial charge in [-0.3, -0.25) is 9.46 Å². The molecule has 1 N–H and O–H groups in total. The molecule has 4 rings (SSSR count). The van der Waals surface area contributed by atoms with E-state index in [4.69, 9.17) is 9.26 Å². The zero-order chi connectivity index (χ0) is 25.2. The number of methoxy groups -OCH3 is 1. The molecule has 2 aliphatic heterocycles. The molecule has 188 valence electrons. The number of hydrogen-bond acceptors (Lipinski definition) is 7. The van der Waals surface area contributed by atoms with E-state index in [-0.39, 0.29) is 55.6 Å². The monoisotopic (exact) mass is 513 g/mol. The lowest BCUT2D eigenvalue weighted by molar-refractivity contribution is 0.132. The second-order valence-electron chi connectivity index (χ2n) is 8.04. The minimum absolute atomic E-state index is 0.0192. The minimum atomic E-state index is -3.11. The van der Waals surface area contributed by atoms with E-state index in [0.29, 0.717) is 0 Å². The van der Waals surface area contributed by atoms with Crippen LogP contribution in [0.5, 0.6) is 5.75 Å². The first kappa shape index (κ1) is 24.7. The van der Waals surface area contributed by atoms with Gasteiger partial charge in [-0.15, -0.1) is 0 Å². The van der Waals surface area contributed by atoms with Crippen LogP contribution >= 0.6 is 7.37 Å². The molecule has 2 aliphatic rings. The van der Waals surface area contributed by atoms with Gasteiger partial charge < -0.3 is 24.2 Å². The third kappa shape index (κ3) is 5.64. The molecule has 2 aromatic rings. The van der Waals surface area contributed by atoms with Crippen molar-refractivity contribution in [3.05, 3.63) is 53.8 Å². The fourth-order valence-corrected chi connectivity index (χ4v) is 5.89. The summed E-state index contributed by atoms with van der Waals surface area (Å²) in [6.07, 6.45) is -2.11. The molecule has 2 saturated heterocycles. The van der Waals surface area contributed by atoms with Crippen LogP contribution in [-0.2, 0) is 14.0 Å². The second kappa shape index (κ2) is 10.1. The Morgan fingerprint density at radius 1 is 1.14 bits per heavy atom. The predicted octanol–water partition coefficient (Wildman–Crippen LogP) is 3.96. The van der Waals surface area contributed by atoms with Crippen molar-refractivity contribution >= 4 is 30.9 Å². The number of ether oxygens (including phenoxy) is 2. The van der Waals surface area contributed by atoms with Gasteiger partial charge in [-0.05, 0) is 24.3 Å². The molecule has 1 atom stereocenters. The number of amides is 2. The predicted molar refractivity (Wildman–Crippen MR) is 121 cm³/mol. The van der Waals surface area contributed by atoms with Gasteiger partial charge in [0, 0.05) is 25.2 Å². The summed E-state index contributed by atoms with van der Waals surface area (Å²) in [5.74, 6) is -1.96. The first-order valence-electron chi connectivity index (χ1n) is 10.7. The van der Waals surface area contributed by atoms with Crippen molar-refractivity contribution in [1.82, 2.24) is 5.32 Å². The number of rotatable bonds is 6. The van der Waals surface area contributed by atoms with Crippen LogP contribution < -0.4 is 19.6 Å². The van der Waals surface area contributed by atoms with E-state index in [1.165, 1.54) is 36.3 Å². The maximum Gasteiger partial charge on any atom is 0.414 e. The van der Waals surface area contributed by atoms with Crippen LogP contribution in [0, 0.1) is 17.5 Å². The van der Waals surface area contributed by atoms with Crippen LogP contribution in [0.3, 0.4) is 0 Å². The Bertz CT molecular complexity index is 1130.